The highest BCUT2D eigenvalue weighted by molar-refractivity contribution is 4.42. The topological polar surface area (TPSA) is 38.7 Å². The van der Waals surface area contributed by atoms with E-state index in [2.05, 4.69) is 0 Å². The lowest BCUT2D eigenvalue weighted by atomic mass is 10.3. The molecule has 3 heteroatoms. The highest BCUT2D eigenvalue weighted by atomic mass is 16.6. The number of hydrogen-bond donors (Lipinski definition) is 1. The van der Waals surface area contributed by atoms with Gasteiger partial charge in [0.1, 0.15) is 0 Å². The number of hydrogen-bond acceptors (Lipinski definition) is 3. The van der Waals surface area contributed by atoms with E-state index in [9.17, 15) is 5.11 Å². The van der Waals surface area contributed by atoms with Crippen molar-refractivity contribution in [1.82, 2.24) is 0 Å². The molecule has 0 aromatic rings. The van der Waals surface area contributed by atoms with E-state index < -0.39 is 6.29 Å². The number of rotatable bonds is 9. The molecular formula is C10H22O3. The second-order valence-corrected chi connectivity index (χ2v) is 3.02. The molecule has 0 radical (unpaired) electrons. The van der Waals surface area contributed by atoms with Crippen molar-refractivity contribution in [2.45, 2.75) is 45.8 Å². The summed E-state index contributed by atoms with van der Waals surface area (Å²) in [5.74, 6) is 0. The Kier molecular flexibility index (Phi) is 9.87. The van der Waals surface area contributed by atoms with E-state index >= 15 is 0 Å². The lowest BCUT2D eigenvalue weighted by Crippen LogP contribution is -2.12. The van der Waals surface area contributed by atoms with E-state index in [1.54, 1.807) is 0 Å². The SMILES string of the molecule is CCCC(O)OCCCCOCC. The first-order valence-electron chi connectivity index (χ1n) is 5.18. The smallest absolute Gasteiger partial charge is 0.154 e. The maximum atomic E-state index is 9.20. The maximum absolute atomic E-state index is 9.20. The van der Waals surface area contributed by atoms with Gasteiger partial charge in [0, 0.05) is 19.8 Å². The van der Waals surface area contributed by atoms with Crippen molar-refractivity contribution in [2.75, 3.05) is 19.8 Å². The highest BCUT2D eigenvalue weighted by Gasteiger charge is 2.00. The van der Waals surface area contributed by atoms with Crippen molar-refractivity contribution in [3.05, 3.63) is 0 Å². The van der Waals surface area contributed by atoms with Gasteiger partial charge in [-0.3, -0.25) is 0 Å². The van der Waals surface area contributed by atoms with Gasteiger partial charge in [-0.1, -0.05) is 13.3 Å². The van der Waals surface area contributed by atoms with Crippen LogP contribution in [0.1, 0.15) is 39.5 Å². The molecule has 3 nitrogen and oxygen atoms in total. The molecule has 0 bridgehead atoms. The van der Waals surface area contributed by atoms with Gasteiger partial charge in [-0.25, -0.2) is 0 Å². The van der Waals surface area contributed by atoms with Crippen LogP contribution in [-0.2, 0) is 9.47 Å². The number of unbranched alkanes of at least 4 members (excludes halogenated alkanes) is 1. The van der Waals surface area contributed by atoms with E-state index in [1.165, 1.54) is 0 Å². The summed E-state index contributed by atoms with van der Waals surface area (Å²) in [5, 5.41) is 9.20. The fourth-order valence-corrected chi connectivity index (χ4v) is 1.00. The third-order valence-corrected chi connectivity index (χ3v) is 1.73. The van der Waals surface area contributed by atoms with Crippen LogP contribution in [0.3, 0.4) is 0 Å². The minimum atomic E-state index is -0.572. The molecular weight excluding hydrogens is 168 g/mol. The van der Waals surface area contributed by atoms with Gasteiger partial charge in [-0.15, -0.1) is 0 Å². The zero-order valence-electron chi connectivity index (χ0n) is 8.79. The lowest BCUT2D eigenvalue weighted by Gasteiger charge is -2.10. The average molecular weight is 190 g/mol. The van der Waals surface area contributed by atoms with Gasteiger partial charge >= 0.3 is 0 Å². The van der Waals surface area contributed by atoms with Gasteiger partial charge in [0.2, 0.25) is 0 Å². The standard InChI is InChI=1S/C10H22O3/c1-3-7-10(11)13-9-6-5-8-12-4-2/h10-11H,3-9H2,1-2H3. The molecule has 1 atom stereocenters. The van der Waals surface area contributed by atoms with Gasteiger partial charge < -0.3 is 14.6 Å². The first kappa shape index (κ1) is 12.9. The lowest BCUT2D eigenvalue weighted by molar-refractivity contribution is -0.104. The van der Waals surface area contributed by atoms with Gasteiger partial charge in [-0.2, -0.15) is 0 Å². The average Bonchev–Trinajstić information content (AvgIpc) is 2.11. The Bertz CT molecular complexity index is 96.2. The molecule has 0 aromatic heterocycles. The monoisotopic (exact) mass is 190 g/mol. The van der Waals surface area contributed by atoms with Crippen molar-refractivity contribution in [3.8, 4) is 0 Å². The van der Waals surface area contributed by atoms with E-state index in [0.717, 1.165) is 38.9 Å². The molecule has 0 rings (SSSR count). The summed E-state index contributed by atoms with van der Waals surface area (Å²) in [7, 11) is 0. The summed E-state index contributed by atoms with van der Waals surface area (Å²) in [4.78, 5) is 0. The van der Waals surface area contributed by atoms with Crippen LogP contribution in [0.15, 0.2) is 0 Å². The predicted molar refractivity (Wildman–Crippen MR) is 52.6 cm³/mol. The summed E-state index contributed by atoms with van der Waals surface area (Å²) < 4.78 is 10.3. The van der Waals surface area contributed by atoms with Crippen LogP contribution in [0.5, 0.6) is 0 Å². The summed E-state index contributed by atoms with van der Waals surface area (Å²) in [6.07, 6.45) is 3.08. The molecule has 0 saturated heterocycles. The Morgan fingerprint density at radius 3 is 2.46 bits per heavy atom. The summed E-state index contributed by atoms with van der Waals surface area (Å²) in [6.45, 7) is 6.22. The number of aliphatic hydroxyl groups excluding tert-OH is 1. The molecule has 0 aromatic carbocycles. The Hall–Kier alpha value is -0.120. The minimum Gasteiger partial charge on any atom is -0.382 e. The Morgan fingerprint density at radius 1 is 1.15 bits per heavy atom. The highest BCUT2D eigenvalue weighted by Crippen LogP contribution is 2.00. The van der Waals surface area contributed by atoms with Gasteiger partial charge in [-0.05, 0) is 26.2 Å². The normalized spacial score (nSPS) is 13.2. The largest absolute Gasteiger partial charge is 0.382 e. The van der Waals surface area contributed by atoms with E-state index in [0.29, 0.717) is 6.61 Å². The van der Waals surface area contributed by atoms with Crippen LogP contribution >= 0.6 is 0 Å². The molecule has 13 heavy (non-hydrogen) atoms. The van der Waals surface area contributed by atoms with Crippen LogP contribution in [0, 0.1) is 0 Å². The molecule has 0 amide bonds. The van der Waals surface area contributed by atoms with Crippen molar-refractivity contribution < 1.29 is 14.6 Å². The first-order chi connectivity index (χ1) is 6.31. The molecule has 0 heterocycles. The van der Waals surface area contributed by atoms with Crippen molar-refractivity contribution in [2.24, 2.45) is 0 Å². The maximum Gasteiger partial charge on any atom is 0.154 e. The first-order valence-corrected chi connectivity index (χ1v) is 5.18. The Labute approximate surface area is 81.0 Å². The zero-order valence-corrected chi connectivity index (χ0v) is 8.79. The molecule has 0 aliphatic heterocycles. The molecule has 0 saturated carbocycles. The minimum absolute atomic E-state index is 0.572. The summed E-state index contributed by atoms with van der Waals surface area (Å²) in [6, 6.07) is 0. The molecule has 0 fully saturated rings. The van der Waals surface area contributed by atoms with Crippen molar-refractivity contribution in [3.63, 3.8) is 0 Å². The van der Waals surface area contributed by atoms with Crippen LogP contribution in [0.4, 0.5) is 0 Å². The molecule has 0 spiro atoms. The summed E-state index contributed by atoms with van der Waals surface area (Å²) in [5.41, 5.74) is 0. The zero-order chi connectivity index (χ0) is 9.94. The molecule has 80 valence electrons. The molecule has 0 aliphatic rings. The van der Waals surface area contributed by atoms with E-state index in [4.69, 9.17) is 9.47 Å². The van der Waals surface area contributed by atoms with Gasteiger partial charge in [0.25, 0.3) is 0 Å². The van der Waals surface area contributed by atoms with Crippen LogP contribution in [0.2, 0.25) is 0 Å². The Balaban J connectivity index is 2.97. The number of ether oxygens (including phenoxy) is 2. The predicted octanol–water partition coefficient (Wildman–Crippen LogP) is 1.94. The van der Waals surface area contributed by atoms with Crippen LogP contribution in [0.25, 0.3) is 0 Å². The fraction of sp³-hybridized carbons (Fsp3) is 1.00. The van der Waals surface area contributed by atoms with Crippen molar-refractivity contribution in [1.29, 1.82) is 0 Å². The Morgan fingerprint density at radius 2 is 1.85 bits per heavy atom. The summed E-state index contributed by atoms with van der Waals surface area (Å²) >= 11 is 0. The fourth-order valence-electron chi connectivity index (χ4n) is 1.00. The van der Waals surface area contributed by atoms with E-state index in [-0.39, 0.29) is 0 Å². The molecule has 1 N–H and O–H groups in total. The van der Waals surface area contributed by atoms with E-state index in [1.807, 2.05) is 13.8 Å². The molecule has 0 aliphatic carbocycles. The number of aliphatic hydroxyl groups is 1. The molecule has 1 unspecified atom stereocenters. The quantitative estimate of drug-likeness (QED) is 0.446. The van der Waals surface area contributed by atoms with Crippen LogP contribution < -0.4 is 0 Å². The van der Waals surface area contributed by atoms with Crippen LogP contribution in [-0.4, -0.2) is 31.2 Å². The van der Waals surface area contributed by atoms with Gasteiger partial charge in [0.15, 0.2) is 6.29 Å². The third-order valence-electron chi connectivity index (χ3n) is 1.73. The van der Waals surface area contributed by atoms with Gasteiger partial charge in [0.05, 0.1) is 0 Å². The second kappa shape index (κ2) is 9.96. The third kappa shape index (κ3) is 9.80. The second-order valence-electron chi connectivity index (χ2n) is 3.02. The van der Waals surface area contributed by atoms with Crippen molar-refractivity contribution >= 4 is 0 Å².